The second kappa shape index (κ2) is 18.5. The molecule has 0 aromatic carbocycles. The molecule has 0 radical (unpaired) electrons. The highest BCUT2D eigenvalue weighted by Gasteiger charge is 2.42. The van der Waals surface area contributed by atoms with Gasteiger partial charge in [0.15, 0.2) is 0 Å². The number of carboxylic acid groups (broad SMARTS) is 1. The van der Waals surface area contributed by atoms with Crippen molar-refractivity contribution < 1.29 is 38.6 Å². The predicted molar refractivity (Wildman–Crippen MR) is 157 cm³/mol. The summed E-state index contributed by atoms with van der Waals surface area (Å²) in [5.74, 6) is -2.79. The van der Waals surface area contributed by atoms with Gasteiger partial charge in [0.05, 0.1) is 43.2 Å². The van der Waals surface area contributed by atoms with Crippen molar-refractivity contribution in [3.05, 3.63) is 0 Å². The molecule has 1 fully saturated rings. The summed E-state index contributed by atoms with van der Waals surface area (Å²) in [7, 11) is 8.09. The van der Waals surface area contributed by atoms with Gasteiger partial charge in [-0.3, -0.25) is 19.2 Å². The molecular weight excluding hydrogens is 548 g/mol. The third-order valence-corrected chi connectivity index (χ3v) is 8.15. The molecule has 1 aliphatic heterocycles. The average molecular weight is 601 g/mol. The number of hydrogen-bond donors (Lipinski definition) is 4. The zero-order valence-corrected chi connectivity index (χ0v) is 26.5. The molecule has 0 saturated carbocycles. The lowest BCUT2D eigenvalue weighted by molar-refractivity contribution is -0.146. The van der Waals surface area contributed by atoms with Gasteiger partial charge in [-0.15, -0.1) is 0 Å². The van der Waals surface area contributed by atoms with E-state index in [1.165, 1.54) is 19.1 Å². The number of carbonyl (C=O) groups excluding carboxylic acids is 4. The Morgan fingerprint density at radius 1 is 1.05 bits per heavy atom. The number of carbonyl (C=O) groups is 5. The highest BCUT2D eigenvalue weighted by molar-refractivity contribution is 5.85. The second-order valence-electron chi connectivity index (χ2n) is 10.9. The molecule has 14 heteroatoms. The number of likely N-dealkylation sites (tertiary alicyclic amines) is 1. The van der Waals surface area contributed by atoms with E-state index >= 15 is 0 Å². The molecule has 242 valence electrons. The van der Waals surface area contributed by atoms with E-state index in [1.807, 2.05) is 13.8 Å². The van der Waals surface area contributed by atoms with E-state index in [2.05, 4.69) is 16.0 Å². The number of hydrogen-bond acceptors (Lipinski definition) is 8. The molecule has 1 saturated heterocycles. The molecule has 6 unspecified atom stereocenters. The highest BCUT2D eigenvalue weighted by atomic mass is 16.5. The fourth-order valence-corrected chi connectivity index (χ4v) is 5.44. The minimum atomic E-state index is -1.15. The Kier molecular flexibility index (Phi) is 16.4. The van der Waals surface area contributed by atoms with Gasteiger partial charge in [0.1, 0.15) is 6.54 Å². The van der Waals surface area contributed by atoms with Crippen LogP contribution >= 0.6 is 0 Å². The van der Waals surface area contributed by atoms with Gasteiger partial charge >= 0.3 is 12.0 Å². The molecule has 14 nitrogen and oxygen atoms in total. The van der Waals surface area contributed by atoms with Gasteiger partial charge < -0.3 is 45.2 Å². The van der Waals surface area contributed by atoms with Crippen molar-refractivity contribution in [2.75, 3.05) is 68.1 Å². The van der Waals surface area contributed by atoms with Crippen molar-refractivity contribution in [2.24, 2.45) is 11.8 Å². The quantitative estimate of drug-likeness (QED) is 0.169. The number of likely N-dealkylation sites (N-methyl/N-ethyl adjacent to an activating group) is 3. The van der Waals surface area contributed by atoms with Crippen LogP contribution in [0, 0.1) is 11.8 Å². The number of nitrogens with one attached hydrogen (secondary N) is 3. The average Bonchev–Trinajstić information content (AvgIpc) is 3.46. The first-order valence-electron chi connectivity index (χ1n) is 14.6. The van der Waals surface area contributed by atoms with Crippen LogP contribution in [0.25, 0.3) is 0 Å². The third-order valence-electron chi connectivity index (χ3n) is 8.15. The van der Waals surface area contributed by atoms with Crippen LogP contribution in [0.15, 0.2) is 0 Å². The monoisotopic (exact) mass is 600 g/mol. The third kappa shape index (κ3) is 10.7. The standard InChI is InChI=1S/C28H52N6O8/c1-9-18(2)25(33(6)23(36)16-31-28(40)32(5)14-12-29-4)21(41-7)15-22(35)34-13-10-11-20(34)26(42-8)19(3)27(39)30-17-24(37)38/h18-21,25-26,29H,9-17H2,1-8H3,(H,30,39)(H,31,40)(H,37,38). The lowest BCUT2D eigenvalue weighted by atomic mass is 9.90. The lowest BCUT2D eigenvalue weighted by Gasteiger charge is -2.39. The van der Waals surface area contributed by atoms with Crippen LogP contribution in [0.3, 0.4) is 0 Å². The van der Waals surface area contributed by atoms with E-state index in [0.717, 1.165) is 12.8 Å². The van der Waals surface area contributed by atoms with Gasteiger partial charge in [-0.05, 0) is 25.8 Å². The summed E-state index contributed by atoms with van der Waals surface area (Å²) in [4.78, 5) is 67.4. The lowest BCUT2D eigenvalue weighted by Crippen LogP contribution is -2.54. The fourth-order valence-electron chi connectivity index (χ4n) is 5.44. The molecule has 0 spiro atoms. The summed E-state index contributed by atoms with van der Waals surface area (Å²) >= 11 is 0. The smallest absolute Gasteiger partial charge is 0.322 e. The number of rotatable bonds is 18. The molecule has 0 aromatic rings. The SMILES string of the molecule is CCC(C)C(C(CC(=O)N1CCCC1C(OC)C(C)C(=O)NCC(=O)O)OC)N(C)C(=O)CNC(=O)N(C)CCNC. The summed E-state index contributed by atoms with van der Waals surface area (Å²) in [5, 5.41) is 16.9. The predicted octanol–water partition coefficient (Wildman–Crippen LogP) is -0.0317. The Bertz CT molecular complexity index is 906. The number of amides is 5. The molecule has 1 heterocycles. The Morgan fingerprint density at radius 2 is 1.71 bits per heavy atom. The van der Waals surface area contributed by atoms with Crippen molar-refractivity contribution in [3.63, 3.8) is 0 Å². The largest absolute Gasteiger partial charge is 0.480 e. The van der Waals surface area contributed by atoms with Crippen molar-refractivity contribution in [2.45, 2.75) is 70.7 Å². The molecule has 0 bridgehead atoms. The van der Waals surface area contributed by atoms with Crippen LogP contribution in [0.4, 0.5) is 4.79 Å². The summed E-state index contributed by atoms with van der Waals surface area (Å²) < 4.78 is 11.5. The Morgan fingerprint density at radius 3 is 2.26 bits per heavy atom. The number of methoxy groups -OCH3 is 2. The first-order valence-corrected chi connectivity index (χ1v) is 14.6. The zero-order chi connectivity index (χ0) is 32.0. The maximum absolute atomic E-state index is 13.7. The Balaban J connectivity index is 3.00. The van der Waals surface area contributed by atoms with Gasteiger partial charge in [0, 0.05) is 47.9 Å². The second-order valence-corrected chi connectivity index (χ2v) is 10.9. The number of ether oxygens (including phenoxy) is 2. The summed E-state index contributed by atoms with van der Waals surface area (Å²) in [6.45, 7) is 6.55. The maximum atomic E-state index is 13.7. The molecule has 0 aromatic heterocycles. The van der Waals surface area contributed by atoms with E-state index < -0.39 is 42.6 Å². The molecule has 5 amide bonds. The highest BCUT2D eigenvalue weighted by Crippen LogP contribution is 2.29. The van der Waals surface area contributed by atoms with Gasteiger partial charge in [0.2, 0.25) is 17.7 Å². The molecule has 42 heavy (non-hydrogen) atoms. The van der Waals surface area contributed by atoms with Gasteiger partial charge in [-0.2, -0.15) is 0 Å². The number of nitrogens with zero attached hydrogens (tertiary/aromatic N) is 3. The van der Waals surface area contributed by atoms with Crippen LogP contribution in [-0.2, 0) is 28.7 Å². The van der Waals surface area contributed by atoms with Crippen molar-refractivity contribution in [3.8, 4) is 0 Å². The summed E-state index contributed by atoms with van der Waals surface area (Å²) in [6.07, 6.45) is 0.858. The van der Waals surface area contributed by atoms with Crippen molar-refractivity contribution in [1.82, 2.24) is 30.7 Å². The molecule has 6 atom stereocenters. The first kappa shape index (κ1) is 37.1. The van der Waals surface area contributed by atoms with E-state index in [9.17, 15) is 24.0 Å². The first-order chi connectivity index (χ1) is 19.8. The van der Waals surface area contributed by atoms with E-state index in [0.29, 0.717) is 26.1 Å². The van der Waals surface area contributed by atoms with Crippen LogP contribution in [0.5, 0.6) is 0 Å². The molecular formula is C28H52N6O8. The van der Waals surface area contributed by atoms with E-state index in [4.69, 9.17) is 14.6 Å². The van der Waals surface area contributed by atoms with Gasteiger partial charge in [-0.25, -0.2) is 4.79 Å². The topological polar surface area (TPSA) is 170 Å². The van der Waals surface area contributed by atoms with E-state index in [-0.39, 0.29) is 42.8 Å². The van der Waals surface area contributed by atoms with Gasteiger partial charge in [0.25, 0.3) is 0 Å². The van der Waals surface area contributed by atoms with Crippen LogP contribution in [-0.4, -0.2) is 142 Å². The number of carboxylic acids is 1. The molecule has 0 aliphatic carbocycles. The Hall–Kier alpha value is -2.97. The van der Waals surface area contributed by atoms with Crippen LogP contribution in [0.2, 0.25) is 0 Å². The number of aliphatic carboxylic acids is 1. The fraction of sp³-hybridized carbons (Fsp3) is 0.821. The maximum Gasteiger partial charge on any atom is 0.322 e. The van der Waals surface area contributed by atoms with E-state index in [1.54, 1.807) is 37.9 Å². The minimum Gasteiger partial charge on any atom is -0.480 e. The number of urea groups is 1. The molecule has 1 rings (SSSR count). The van der Waals surface area contributed by atoms with Crippen molar-refractivity contribution >= 4 is 29.7 Å². The summed E-state index contributed by atoms with van der Waals surface area (Å²) in [6, 6.07) is -1.17. The van der Waals surface area contributed by atoms with Gasteiger partial charge in [-0.1, -0.05) is 27.2 Å². The normalized spacial score (nSPS) is 18.4. The molecule has 4 N–H and O–H groups in total. The Labute approximate surface area is 249 Å². The van der Waals surface area contributed by atoms with Crippen LogP contribution in [0.1, 0.15) is 46.5 Å². The summed E-state index contributed by atoms with van der Waals surface area (Å²) in [5.41, 5.74) is 0. The van der Waals surface area contributed by atoms with Crippen LogP contribution < -0.4 is 16.0 Å². The molecule has 1 aliphatic rings. The minimum absolute atomic E-state index is 0.00870. The van der Waals surface area contributed by atoms with Crippen molar-refractivity contribution in [1.29, 1.82) is 0 Å². The zero-order valence-electron chi connectivity index (χ0n) is 26.5.